The van der Waals surface area contributed by atoms with E-state index in [1.807, 2.05) is 48.5 Å². The Kier molecular flexibility index (Phi) is 5.98. The van der Waals surface area contributed by atoms with Crippen molar-refractivity contribution < 1.29 is 9.53 Å². The number of aromatic amines is 1. The lowest BCUT2D eigenvalue weighted by molar-refractivity contribution is 0.228. The van der Waals surface area contributed by atoms with Crippen molar-refractivity contribution in [2.75, 3.05) is 7.11 Å². The second-order valence-corrected chi connectivity index (χ2v) is 7.70. The third-order valence-electron chi connectivity index (χ3n) is 5.58. The summed E-state index contributed by atoms with van der Waals surface area (Å²) in [6.45, 7) is 0. The van der Waals surface area contributed by atoms with E-state index in [1.54, 1.807) is 7.11 Å². The van der Waals surface area contributed by atoms with Gasteiger partial charge in [-0.15, -0.1) is 0 Å². The Balaban J connectivity index is 1.52. The van der Waals surface area contributed by atoms with Gasteiger partial charge in [0.1, 0.15) is 11.6 Å². The zero-order chi connectivity index (χ0) is 20.1. The van der Waals surface area contributed by atoms with E-state index in [2.05, 4.69) is 15.6 Å². The first-order valence-corrected chi connectivity index (χ1v) is 10.4. The van der Waals surface area contributed by atoms with Crippen LogP contribution < -0.4 is 15.4 Å². The van der Waals surface area contributed by atoms with Crippen LogP contribution in [-0.4, -0.2) is 29.2 Å². The second kappa shape index (κ2) is 8.99. The Morgan fingerprint density at radius 2 is 1.90 bits per heavy atom. The fourth-order valence-electron chi connectivity index (χ4n) is 3.98. The number of nitrogens with zero attached hydrogens (tertiary/aromatic N) is 1. The summed E-state index contributed by atoms with van der Waals surface area (Å²) in [6, 6.07) is 15.7. The van der Waals surface area contributed by atoms with E-state index >= 15 is 0 Å². The number of carbonyl (C=O) groups excluding carboxylic acids is 1. The number of fused-ring (bicyclic) bond motifs is 1. The van der Waals surface area contributed by atoms with Crippen molar-refractivity contribution in [3.63, 3.8) is 0 Å². The van der Waals surface area contributed by atoms with Gasteiger partial charge in [0.25, 0.3) is 0 Å². The number of nitrogens with one attached hydrogen (secondary N) is 3. The second-order valence-electron chi connectivity index (χ2n) is 7.70. The zero-order valence-electron chi connectivity index (χ0n) is 16.8. The van der Waals surface area contributed by atoms with Crippen LogP contribution in [0.15, 0.2) is 48.5 Å². The molecule has 152 valence electrons. The van der Waals surface area contributed by atoms with E-state index < -0.39 is 0 Å². The normalized spacial score (nSPS) is 15.8. The van der Waals surface area contributed by atoms with Crippen LogP contribution in [0, 0.1) is 0 Å². The number of imidazole rings is 1. The summed E-state index contributed by atoms with van der Waals surface area (Å²) in [5.74, 6) is 1.58. The van der Waals surface area contributed by atoms with Crippen molar-refractivity contribution in [1.82, 2.24) is 20.6 Å². The maximum absolute atomic E-state index is 12.7. The summed E-state index contributed by atoms with van der Waals surface area (Å²) >= 11 is 0. The van der Waals surface area contributed by atoms with E-state index in [1.165, 1.54) is 19.3 Å². The van der Waals surface area contributed by atoms with E-state index in [-0.39, 0.29) is 18.1 Å². The fourth-order valence-corrected chi connectivity index (χ4v) is 3.98. The van der Waals surface area contributed by atoms with Crippen molar-refractivity contribution in [2.45, 2.75) is 50.6 Å². The number of amides is 2. The monoisotopic (exact) mass is 392 g/mol. The molecular formula is C23H28N4O2. The first-order valence-electron chi connectivity index (χ1n) is 10.4. The van der Waals surface area contributed by atoms with Crippen molar-refractivity contribution in [2.24, 2.45) is 0 Å². The standard InChI is InChI=1S/C23H28N4O2/c1-29-18-13-11-16(12-14-18)15-21(22-25-19-9-5-6-10-20(19)26-22)27-23(28)24-17-7-3-2-4-8-17/h5-6,9-14,17,21H,2-4,7-8,15H2,1H3,(H,25,26)(H2,24,27,28)/t21-/m1/s1. The highest BCUT2D eigenvalue weighted by Gasteiger charge is 2.21. The number of urea groups is 1. The van der Waals surface area contributed by atoms with Crippen molar-refractivity contribution in [1.29, 1.82) is 0 Å². The molecule has 6 nitrogen and oxygen atoms in total. The molecule has 0 unspecified atom stereocenters. The SMILES string of the molecule is COc1ccc(C[C@@H](NC(=O)NC2CCCCC2)c2nc3ccccc3[nH]2)cc1. The van der Waals surface area contributed by atoms with Crippen LogP contribution in [0.25, 0.3) is 11.0 Å². The van der Waals surface area contributed by atoms with Gasteiger partial charge < -0.3 is 20.4 Å². The number of hydrogen-bond acceptors (Lipinski definition) is 3. The summed E-state index contributed by atoms with van der Waals surface area (Å²) in [4.78, 5) is 20.8. The first-order chi connectivity index (χ1) is 14.2. The molecule has 0 aliphatic heterocycles. The van der Waals surface area contributed by atoms with Crippen LogP contribution in [0.3, 0.4) is 0 Å². The first kappa shape index (κ1) is 19.3. The number of para-hydroxylation sites is 2. The number of rotatable bonds is 6. The Hall–Kier alpha value is -3.02. The fraction of sp³-hybridized carbons (Fsp3) is 0.391. The summed E-state index contributed by atoms with van der Waals surface area (Å²) in [6.07, 6.45) is 6.39. The van der Waals surface area contributed by atoms with Crippen LogP contribution in [-0.2, 0) is 6.42 Å². The molecule has 1 saturated carbocycles. The van der Waals surface area contributed by atoms with Gasteiger partial charge in [0.05, 0.1) is 24.2 Å². The van der Waals surface area contributed by atoms with Gasteiger partial charge in [-0.1, -0.05) is 43.5 Å². The van der Waals surface area contributed by atoms with Crippen molar-refractivity contribution in [3.05, 3.63) is 59.9 Å². The number of H-pyrrole nitrogens is 1. The quantitative estimate of drug-likeness (QED) is 0.578. The van der Waals surface area contributed by atoms with Gasteiger partial charge in [0, 0.05) is 6.04 Å². The third kappa shape index (κ3) is 4.88. The van der Waals surface area contributed by atoms with Crippen molar-refractivity contribution >= 4 is 17.1 Å². The summed E-state index contributed by atoms with van der Waals surface area (Å²) in [5, 5.41) is 6.29. The van der Waals surface area contributed by atoms with Crippen LogP contribution in [0.4, 0.5) is 4.79 Å². The predicted molar refractivity (Wildman–Crippen MR) is 114 cm³/mol. The molecule has 1 aliphatic carbocycles. The highest BCUT2D eigenvalue weighted by molar-refractivity contribution is 5.76. The topological polar surface area (TPSA) is 79.0 Å². The highest BCUT2D eigenvalue weighted by Crippen LogP contribution is 2.22. The number of methoxy groups -OCH3 is 1. The number of hydrogen-bond donors (Lipinski definition) is 3. The molecule has 1 aliphatic rings. The molecule has 3 N–H and O–H groups in total. The van der Waals surface area contributed by atoms with E-state index in [0.29, 0.717) is 6.42 Å². The molecular weight excluding hydrogens is 364 g/mol. The molecule has 0 spiro atoms. The lowest BCUT2D eigenvalue weighted by Gasteiger charge is -2.24. The van der Waals surface area contributed by atoms with E-state index in [9.17, 15) is 4.79 Å². The number of aromatic nitrogens is 2. The molecule has 1 aromatic heterocycles. The number of benzene rings is 2. The molecule has 2 amide bonds. The average Bonchev–Trinajstić information content (AvgIpc) is 3.19. The minimum absolute atomic E-state index is 0.129. The van der Waals surface area contributed by atoms with Gasteiger partial charge in [-0.3, -0.25) is 0 Å². The summed E-state index contributed by atoms with van der Waals surface area (Å²) < 4.78 is 5.25. The Bertz CT molecular complexity index is 912. The Labute approximate surface area is 171 Å². The molecule has 0 bridgehead atoms. The van der Waals surface area contributed by atoms with Gasteiger partial charge in [0.15, 0.2) is 0 Å². The number of carbonyl (C=O) groups is 1. The third-order valence-corrected chi connectivity index (χ3v) is 5.58. The van der Waals surface area contributed by atoms with Crippen LogP contribution in [0.2, 0.25) is 0 Å². The predicted octanol–water partition coefficient (Wildman–Crippen LogP) is 4.49. The van der Waals surface area contributed by atoms with Gasteiger partial charge in [-0.2, -0.15) is 0 Å². The van der Waals surface area contributed by atoms with Crippen molar-refractivity contribution in [3.8, 4) is 5.75 Å². The largest absolute Gasteiger partial charge is 0.497 e. The van der Waals surface area contributed by atoms with E-state index in [0.717, 1.165) is 41.0 Å². The smallest absolute Gasteiger partial charge is 0.315 e. The minimum Gasteiger partial charge on any atom is -0.497 e. The maximum Gasteiger partial charge on any atom is 0.315 e. The van der Waals surface area contributed by atoms with E-state index in [4.69, 9.17) is 9.72 Å². The molecule has 1 heterocycles. The summed E-state index contributed by atoms with van der Waals surface area (Å²) in [5.41, 5.74) is 2.97. The van der Waals surface area contributed by atoms with Gasteiger partial charge >= 0.3 is 6.03 Å². The average molecular weight is 393 g/mol. The maximum atomic E-state index is 12.7. The number of ether oxygens (including phenoxy) is 1. The summed E-state index contributed by atoms with van der Waals surface area (Å²) in [7, 11) is 1.66. The molecule has 2 aromatic carbocycles. The molecule has 1 atom stereocenters. The van der Waals surface area contributed by atoms with Gasteiger partial charge in [-0.05, 0) is 49.1 Å². The van der Waals surface area contributed by atoms with Crippen LogP contribution in [0.5, 0.6) is 5.75 Å². The van der Waals surface area contributed by atoms with Crippen LogP contribution in [0.1, 0.15) is 49.5 Å². The lowest BCUT2D eigenvalue weighted by atomic mass is 9.96. The zero-order valence-corrected chi connectivity index (χ0v) is 16.8. The molecule has 0 saturated heterocycles. The minimum atomic E-state index is -0.251. The lowest BCUT2D eigenvalue weighted by Crippen LogP contribution is -2.44. The molecule has 4 rings (SSSR count). The molecule has 6 heteroatoms. The van der Waals surface area contributed by atoms with Gasteiger partial charge in [-0.25, -0.2) is 9.78 Å². The molecule has 3 aromatic rings. The molecule has 0 radical (unpaired) electrons. The van der Waals surface area contributed by atoms with Crippen LogP contribution >= 0.6 is 0 Å². The Morgan fingerprint density at radius 1 is 1.14 bits per heavy atom. The highest BCUT2D eigenvalue weighted by atomic mass is 16.5. The Morgan fingerprint density at radius 3 is 2.62 bits per heavy atom. The molecule has 29 heavy (non-hydrogen) atoms. The molecule has 1 fully saturated rings. The van der Waals surface area contributed by atoms with Gasteiger partial charge in [0.2, 0.25) is 0 Å².